The van der Waals surface area contributed by atoms with E-state index in [1.54, 1.807) is 12.3 Å². The number of halogens is 1. The first kappa shape index (κ1) is 16.9. The quantitative estimate of drug-likeness (QED) is 0.791. The number of hydrogen-bond donors (Lipinski definition) is 1. The monoisotopic (exact) mass is 282 g/mol. The maximum Gasteiger partial charge on any atom is 0.170 e. The molecule has 0 radical (unpaired) electrons. The van der Waals surface area contributed by atoms with Gasteiger partial charge in [-0.3, -0.25) is 0 Å². The van der Waals surface area contributed by atoms with Gasteiger partial charge in [-0.25, -0.2) is 9.37 Å². The summed E-state index contributed by atoms with van der Waals surface area (Å²) in [4.78, 5) is 8.37. The molecular formula is C15H27FN4. The van der Waals surface area contributed by atoms with Gasteiger partial charge in [-0.15, -0.1) is 0 Å². The number of aromatic nitrogens is 1. The normalized spacial score (nSPS) is 12.8. The predicted octanol–water partition coefficient (Wildman–Crippen LogP) is 2.11. The highest BCUT2D eigenvalue weighted by Gasteiger charge is 2.20. The highest BCUT2D eigenvalue weighted by atomic mass is 19.1. The van der Waals surface area contributed by atoms with E-state index < -0.39 is 0 Å². The maximum atomic E-state index is 14.6. The van der Waals surface area contributed by atoms with E-state index in [9.17, 15) is 4.39 Å². The molecule has 0 amide bonds. The molecule has 1 heterocycles. The molecule has 4 nitrogen and oxygen atoms in total. The van der Waals surface area contributed by atoms with Crippen molar-refractivity contribution in [2.24, 2.45) is 0 Å². The molecule has 0 aliphatic carbocycles. The van der Waals surface area contributed by atoms with Crippen LogP contribution < -0.4 is 10.2 Å². The molecule has 1 N–H and O–H groups in total. The fourth-order valence-corrected chi connectivity index (χ4v) is 2.36. The summed E-state index contributed by atoms with van der Waals surface area (Å²) in [6, 6.07) is 1.96. The summed E-state index contributed by atoms with van der Waals surface area (Å²) in [5.41, 5.74) is 0.673. The molecule has 0 saturated carbocycles. The minimum atomic E-state index is -0.207. The van der Waals surface area contributed by atoms with Crippen molar-refractivity contribution in [2.45, 2.75) is 33.4 Å². The lowest BCUT2D eigenvalue weighted by Crippen LogP contribution is -2.41. The molecule has 0 saturated heterocycles. The zero-order valence-corrected chi connectivity index (χ0v) is 13.3. The summed E-state index contributed by atoms with van der Waals surface area (Å²) in [7, 11) is 4.05. The summed E-state index contributed by atoms with van der Waals surface area (Å²) >= 11 is 0. The molecule has 1 aromatic heterocycles. The van der Waals surface area contributed by atoms with Gasteiger partial charge in [-0.05, 0) is 40.6 Å². The molecule has 1 atom stereocenters. The summed E-state index contributed by atoms with van der Waals surface area (Å²) < 4.78 is 14.6. The number of hydrogen-bond acceptors (Lipinski definition) is 4. The molecule has 114 valence electrons. The first-order chi connectivity index (χ1) is 9.51. The highest BCUT2D eigenvalue weighted by molar-refractivity contribution is 5.44. The van der Waals surface area contributed by atoms with Crippen LogP contribution in [-0.2, 0) is 6.54 Å². The van der Waals surface area contributed by atoms with E-state index in [2.05, 4.69) is 22.1 Å². The number of anilines is 1. The summed E-state index contributed by atoms with van der Waals surface area (Å²) in [5.74, 6) is 0.248. The third-order valence-corrected chi connectivity index (χ3v) is 3.29. The van der Waals surface area contributed by atoms with Crippen LogP contribution in [0.25, 0.3) is 0 Å². The largest absolute Gasteiger partial charge is 0.350 e. The number of rotatable bonds is 8. The van der Waals surface area contributed by atoms with Gasteiger partial charge in [0, 0.05) is 37.4 Å². The molecule has 1 aromatic rings. The van der Waals surface area contributed by atoms with Gasteiger partial charge in [-0.1, -0.05) is 6.92 Å². The second kappa shape index (κ2) is 8.17. The van der Waals surface area contributed by atoms with Crippen molar-refractivity contribution in [3.05, 3.63) is 23.6 Å². The average molecular weight is 282 g/mol. The lowest BCUT2D eigenvalue weighted by Gasteiger charge is -2.31. The van der Waals surface area contributed by atoms with Crippen LogP contribution in [0.4, 0.5) is 10.2 Å². The predicted molar refractivity (Wildman–Crippen MR) is 82.6 cm³/mol. The van der Waals surface area contributed by atoms with Crippen LogP contribution in [0, 0.1) is 5.82 Å². The molecule has 0 aromatic carbocycles. The molecule has 0 bridgehead atoms. The summed E-state index contributed by atoms with van der Waals surface area (Å²) in [6.07, 6.45) is 1.69. The van der Waals surface area contributed by atoms with Crippen LogP contribution in [0.3, 0.4) is 0 Å². The van der Waals surface area contributed by atoms with Gasteiger partial charge in [0.15, 0.2) is 11.6 Å². The lowest BCUT2D eigenvalue weighted by atomic mass is 10.2. The Labute approximate surface area is 122 Å². The zero-order valence-electron chi connectivity index (χ0n) is 13.3. The Hall–Kier alpha value is -1.20. The number of pyridine rings is 1. The zero-order chi connectivity index (χ0) is 15.1. The Morgan fingerprint density at radius 2 is 2.05 bits per heavy atom. The molecule has 0 fully saturated rings. The Morgan fingerprint density at radius 3 is 2.60 bits per heavy atom. The molecule has 0 spiro atoms. The maximum absolute atomic E-state index is 14.6. The SMILES string of the molecule is CCNCc1ccnc(N(CC)C(C)CN(C)C)c1F. The standard InChI is InChI=1S/C15H27FN4/c1-6-17-10-13-8-9-18-15(14(13)16)20(7-2)12(3)11-19(4)5/h8-9,12,17H,6-7,10-11H2,1-5H3. The van der Waals surface area contributed by atoms with Crippen molar-refractivity contribution in [3.8, 4) is 0 Å². The second-order valence-electron chi connectivity index (χ2n) is 5.29. The van der Waals surface area contributed by atoms with Crippen molar-refractivity contribution in [3.63, 3.8) is 0 Å². The topological polar surface area (TPSA) is 31.4 Å². The Morgan fingerprint density at radius 1 is 1.35 bits per heavy atom. The van der Waals surface area contributed by atoms with Crippen molar-refractivity contribution in [1.29, 1.82) is 0 Å². The summed E-state index contributed by atoms with van der Waals surface area (Å²) in [5, 5.41) is 3.16. The van der Waals surface area contributed by atoms with E-state index in [-0.39, 0.29) is 11.9 Å². The van der Waals surface area contributed by atoms with Crippen LogP contribution in [0.2, 0.25) is 0 Å². The smallest absolute Gasteiger partial charge is 0.170 e. The van der Waals surface area contributed by atoms with E-state index in [0.717, 1.165) is 19.6 Å². The third kappa shape index (κ3) is 4.42. The number of nitrogens with zero attached hydrogens (tertiary/aromatic N) is 3. The Balaban J connectivity index is 2.97. The molecule has 5 heteroatoms. The fourth-order valence-electron chi connectivity index (χ4n) is 2.36. The molecular weight excluding hydrogens is 255 g/mol. The first-order valence-corrected chi connectivity index (χ1v) is 7.26. The molecule has 1 rings (SSSR count). The van der Waals surface area contributed by atoms with Crippen molar-refractivity contribution in [1.82, 2.24) is 15.2 Å². The van der Waals surface area contributed by atoms with Crippen LogP contribution in [0.5, 0.6) is 0 Å². The van der Waals surface area contributed by atoms with E-state index in [1.807, 2.05) is 32.8 Å². The minimum Gasteiger partial charge on any atom is -0.350 e. The van der Waals surface area contributed by atoms with E-state index in [1.165, 1.54) is 0 Å². The van der Waals surface area contributed by atoms with Crippen molar-refractivity contribution in [2.75, 3.05) is 38.6 Å². The van der Waals surface area contributed by atoms with Gasteiger partial charge in [-0.2, -0.15) is 0 Å². The third-order valence-electron chi connectivity index (χ3n) is 3.29. The highest BCUT2D eigenvalue weighted by Crippen LogP contribution is 2.21. The van der Waals surface area contributed by atoms with Crippen LogP contribution in [0.1, 0.15) is 26.3 Å². The number of nitrogens with one attached hydrogen (secondary N) is 1. The van der Waals surface area contributed by atoms with Crippen LogP contribution in [0.15, 0.2) is 12.3 Å². The van der Waals surface area contributed by atoms with Gasteiger partial charge in [0.25, 0.3) is 0 Å². The van der Waals surface area contributed by atoms with Crippen LogP contribution in [-0.4, -0.2) is 49.7 Å². The molecule has 0 aliphatic rings. The van der Waals surface area contributed by atoms with Gasteiger partial charge >= 0.3 is 0 Å². The Kier molecular flexibility index (Phi) is 6.88. The van der Waals surface area contributed by atoms with Crippen LogP contribution >= 0.6 is 0 Å². The van der Waals surface area contributed by atoms with E-state index in [4.69, 9.17) is 0 Å². The van der Waals surface area contributed by atoms with Crippen molar-refractivity contribution < 1.29 is 4.39 Å². The van der Waals surface area contributed by atoms with Gasteiger partial charge < -0.3 is 15.1 Å². The van der Waals surface area contributed by atoms with E-state index in [0.29, 0.717) is 17.9 Å². The second-order valence-corrected chi connectivity index (χ2v) is 5.29. The number of likely N-dealkylation sites (N-methyl/N-ethyl adjacent to an activating group) is 2. The molecule has 20 heavy (non-hydrogen) atoms. The molecule has 0 aliphatic heterocycles. The van der Waals surface area contributed by atoms with E-state index >= 15 is 0 Å². The Bertz CT molecular complexity index is 409. The van der Waals surface area contributed by atoms with Gasteiger partial charge in [0.05, 0.1) is 0 Å². The van der Waals surface area contributed by atoms with Gasteiger partial charge in [0.2, 0.25) is 0 Å². The first-order valence-electron chi connectivity index (χ1n) is 7.26. The molecule has 1 unspecified atom stereocenters. The van der Waals surface area contributed by atoms with Gasteiger partial charge in [0.1, 0.15) is 0 Å². The van der Waals surface area contributed by atoms with Crippen molar-refractivity contribution >= 4 is 5.82 Å². The lowest BCUT2D eigenvalue weighted by molar-refractivity contribution is 0.370. The average Bonchev–Trinajstić information content (AvgIpc) is 2.39. The fraction of sp³-hybridized carbons (Fsp3) is 0.667. The minimum absolute atomic E-state index is 0.207. The summed E-state index contributed by atoms with van der Waals surface area (Å²) in [6.45, 7) is 9.11.